The predicted octanol–water partition coefficient (Wildman–Crippen LogP) is 5.10. The van der Waals surface area contributed by atoms with Crippen LogP contribution in [-0.4, -0.2) is 11.7 Å². The van der Waals surface area contributed by atoms with Gasteiger partial charge in [0.2, 0.25) is 5.91 Å². The number of benzene rings is 2. The van der Waals surface area contributed by atoms with Crippen LogP contribution in [-0.2, 0) is 10.5 Å². The van der Waals surface area contributed by atoms with Crippen LogP contribution in [0.2, 0.25) is 10.0 Å². The molecule has 1 atom stereocenters. The molecule has 0 bridgehead atoms. The summed E-state index contributed by atoms with van der Waals surface area (Å²) in [6.07, 6.45) is 0. The molecule has 0 aromatic heterocycles. The zero-order valence-electron chi connectivity index (χ0n) is 12.2. The molecule has 0 aliphatic rings. The molecule has 0 aliphatic heterocycles. The fourth-order valence-electron chi connectivity index (χ4n) is 2.00. The van der Waals surface area contributed by atoms with Gasteiger partial charge < -0.3 is 5.32 Å². The van der Waals surface area contributed by atoms with Gasteiger partial charge in [-0.05, 0) is 30.2 Å². The van der Waals surface area contributed by atoms with E-state index in [4.69, 9.17) is 23.2 Å². The van der Waals surface area contributed by atoms with Crippen LogP contribution in [0.1, 0.15) is 24.1 Å². The van der Waals surface area contributed by atoms with Gasteiger partial charge in [-0.25, -0.2) is 0 Å². The Labute approximate surface area is 145 Å². The first-order chi connectivity index (χ1) is 10.6. The lowest BCUT2D eigenvalue weighted by molar-refractivity contribution is -0.119. The second-order valence-corrected chi connectivity index (χ2v) is 6.74. The third kappa shape index (κ3) is 5.24. The number of thioether (sulfide) groups is 1. The molecule has 2 nitrogen and oxygen atoms in total. The first kappa shape index (κ1) is 17.2. The monoisotopic (exact) mass is 353 g/mol. The predicted molar refractivity (Wildman–Crippen MR) is 95.6 cm³/mol. The number of carbonyl (C=O) groups is 1. The summed E-state index contributed by atoms with van der Waals surface area (Å²) in [5, 5.41) is 4.09. The van der Waals surface area contributed by atoms with Crippen molar-refractivity contribution in [1.29, 1.82) is 0 Å². The molecule has 0 fully saturated rings. The van der Waals surface area contributed by atoms with Gasteiger partial charge in [-0.2, -0.15) is 0 Å². The van der Waals surface area contributed by atoms with Gasteiger partial charge in [-0.3, -0.25) is 4.79 Å². The van der Waals surface area contributed by atoms with Crippen LogP contribution >= 0.6 is 35.0 Å². The maximum atomic E-state index is 12.0. The number of amides is 1. The maximum Gasteiger partial charge on any atom is 0.230 e. The van der Waals surface area contributed by atoms with Crippen molar-refractivity contribution < 1.29 is 4.79 Å². The van der Waals surface area contributed by atoms with E-state index in [9.17, 15) is 4.79 Å². The molecule has 0 saturated carbocycles. The molecule has 0 saturated heterocycles. The summed E-state index contributed by atoms with van der Waals surface area (Å²) in [6.45, 7) is 1.98. The number of nitrogens with one attached hydrogen (secondary N) is 1. The van der Waals surface area contributed by atoms with E-state index >= 15 is 0 Å². The molecule has 0 spiro atoms. The molecular formula is C17H17Cl2NOS. The third-order valence-electron chi connectivity index (χ3n) is 3.16. The minimum atomic E-state index is 0.0132. The van der Waals surface area contributed by atoms with Crippen LogP contribution in [0.25, 0.3) is 0 Å². The molecule has 1 N–H and O–H groups in total. The lowest BCUT2D eigenvalue weighted by Gasteiger charge is -2.14. The van der Waals surface area contributed by atoms with Gasteiger partial charge in [0.05, 0.1) is 21.8 Å². The van der Waals surface area contributed by atoms with E-state index in [1.165, 1.54) is 0 Å². The van der Waals surface area contributed by atoms with Crippen LogP contribution in [0.5, 0.6) is 0 Å². The fraction of sp³-hybridized carbons (Fsp3) is 0.235. The van der Waals surface area contributed by atoms with Gasteiger partial charge in [0, 0.05) is 5.75 Å². The molecule has 1 amide bonds. The van der Waals surface area contributed by atoms with E-state index in [0.717, 1.165) is 16.9 Å². The van der Waals surface area contributed by atoms with E-state index in [0.29, 0.717) is 15.8 Å². The fourth-order valence-corrected chi connectivity index (χ4v) is 3.11. The molecule has 2 aromatic rings. The van der Waals surface area contributed by atoms with E-state index in [-0.39, 0.29) is 11.9 Å². The van der Waals surface area contributed by atoms with Gasteiger partial charge in [-0.1, -0.05) is 59.6 Å². The highest BCUT2D eigenvalue weighted by Gasteiger charge is 2.09. The number of halogens is 2. The van der Waals surface area contributed by atoms with Crippen molar-refractivity contribution in [2.45, 2.75) is 18.7 Å². The van der Waals surface area contributed by atoms with Crippen LogP contribution in [0, 0.1) is 0 Å². The van der Waals surface area contributed by atoms with Crippen molar-refractivity contribution in [1.82, 2.24) is 5.32 Å². The first-order valence-corrected chi connectivity index (χ1v) is 8.83. The van der Waals surface area contributed by atoms with Crippen molar-refractivity contribution >= 4 is 40.9 Å². The number of rotatable bonds is 6. The second kappa shape index (κ2) is 8.47. The topological polar surface area (TPSA) is 29.1 Å². The Kier molecular flexibility index (Phi) is 6.62. The maximum absolute atomic E-state index is 12.0. The summed E-state index contributed by atoms with van der Waals surface area (Å²) in [4.78, 5) is 12.0. The van der Waals surface area contributed by atoms with Crippen molar-refractivity contribution in [3.63, 3.8) is 0 Å². The number of carbonyl (C=O) groups excluding carboxylic acids is 1. The van der Waals surface area contributed by atoms with Crippen LogP contribution in [0.4, 0.5) is 0 Å². The Morgan fingerprint density at radius 2 is 1.86 bits per heavy atom. The largest absolute Gasteiger partial charge is 0.349 e. The number of hydrogen-bond acceptors (Lipinski definition) is 2. The second-order valence-electron chi connectivity index (χ2n) is 4.94. The first-order valence-electron chi connectivity index (χ1n) is 6.92. The normalized spacial score (nSPS) is 12.0. The van der Waals surface area contributed by atoms with E-state index in [2.05, 4.69) is 5.32 Å². The Morgan fingerprint density at radius 3 is 2.55 bits per heavy atom. The SMILES string of the molecule is C[C@H](NC(=O)CSCc1ccc(Cl)c(Cl)c1)c1ccccc1. The van der Waals surface area contributed by atoms with E-state index in [1.54, 1.807) is 17.8 Å². The standard InChI is InChI=1S/C17H17Cl2NOS/c1-12(14-5-3-2-4-6-14)20-17(21)11-22-10-13-7-8-15(18)16(19)9-13/h2-9,12H,10-11H2,1H3,(H,20,21)/t12-/m0/s1. The molecule has 2 rings (SSSR count). The summed E-state index contributed by atoms with van der Waals surface area (Å²) in [7, 11) is 0. The van der Waals surface area contributed by atoms with Crippen molar-refractivity contribution in [3.8, 4) is 0 Å². The average molecular weight is 354 g/mol. The molecule has 0 unspecified atom stereocenters. The molecule has 22 heavy (non-hydrogen) atoms. The highest BCUT2D eigenvalue weighted by atomic mass is 35.5. The molecule has 116 valence electrons. The summed E-state index contributed by atoms with van der Waals surface area (Å²) in [5.41, 5.74) is 2.16. The van der Waals surface area contributed by atoms with Crippen molar-refractivity contribution in [2.75, 3.05) is 5.75 Å². The Morgan fingerprint density at radius 1 is 1.14 bits per heavy atom. The van der Waals surface area contributed by atoms with Gasteiger partial charge in [0.25, 0.3) is 0 Å². The summed E-state index contributed by atoms with van der Waals surface area (Å²) in [5.74, 6) is 1.17. The van der Waals surface area contributed by atoms with E-state index in [1.807, 2.05) is 49.4 Å². The lowest BCUT2D eigenvalue weighted by atomic mass is 10.1. The van der Waals surface area contributed by atoms with Gasteiger partial charge >= 0.3 is 0 Å². The summed E-state index contributed by atoms with van der Waals surface area (Å²) >= 11 is 13.4. The zero-order chi connectivity index (χ0) is 15.9. The van der Waals surface area contributed by atoms with Gasteiger partial charge in [-0.15, -0.1) is 11.8 Å². The minimum absolute atomic E-state index is 0.0132. The Bertz CT molecular complexity index is 634. The lowest BCUT2D eigenvalue weighted by Crippen LogP contribution is -2.28. The summed E-state index contributed by atoms with van der Waals surface area (Å²) in [6, 6.07) is 15.5. The molecule has 0 aliphatic carbocycles. The zero-order valence-corrected chi connectivity index (χ0v) is 14.5. The Balaban J connectivity index is 1.77. The quantitative estimate of drug-likeness (QED) is 0.782. The summed E-state index contributed by atoms with van der Waals surface area (Å²) < 4.78 is 0. The molecule has 2 aromatic carbocycles. The third-order valence-corrected chi connectivity index (χ3v) is 4.91. The minimum Gasteiger partial charge on any atom is -0.349 e. The van der Waals surface area contributed by atoms with Crippen LogP contribution in [0.3, 0.4) is 0 Å². The molecule has 5 heteroatoms. The van der Waals surface area contributed by atoms with E-state index < -0.39 is 0 Å². The number of hydrogen-bond donors (Lipinski definition) is 1. The molecular weight excluding hydrogens is 337 g/mol. The highest BCUT2D eigenvalue weighted by Crippen LogP contribution is 2.24. The van der Waals surface area contributed by atoms with Gasteiger partial charge in [0.1, 0.15) is 0 Å². The van der Waals surface area contributed by atoms with Crippen LogP contribution < -0.4 is 5.32 Å². The van der Waals surface area contributed by atoms with Crippen molar-refractivity contribution in [2.24, 2.45) is 0 Å². The average Bonchev–Trinajstić information content (AvgIpc) is 2.51. The highest BCUT2D eigenvalue weighted by molar-refractivity contribution is 7.99. The molecule has 0 radical (unpaired) electrons. The smallest absolute Gasteiger partial charge is 0.230 e. The van der Waals surface area contributed by atoms with Gasteiger partial charge in [0.15, 0.2) is 0 Å². The van der Waals surface area contributed by atoms with Crippen LogP contribution in [0.15, 0.2) is 48.5 Å². The molecule has 0 heterocycles. The Hall–Kier alpha value is -1.16. The van der Waals surface area contributed by atoms with Crippen molar-refractivity contribution in [3.05, 3.63) is 69.7 Å².